The van der Waals surface area contributed by atoms with Crippen LogP contribution in [-0.4, -0.2) is 17.4 Å². The molecule has 21 heavy (non-hydrogen) atoms. The first kappa shape index (κ1) is 13.7. The fraction of sp³-hybridized carbons (Fsp3) is 0.118. The minimum atomic E-state index is -0.0539. The molecule has 4 heteroatoms. The van der Waals surface area contributed by atoms with Crippen molar-refractivity contribution >= 4 is 28.3 Å². The van der Waals surface area contributed by atoms with Crippen LogP contribution >= 0.6 is 11.6 Å². The molecule has 0 saturated heterocycles. The Hall–Kier alpha value is -2.26. The van der Waals surface area contributed by atoms with Crippen LogP contribution in [0.2, 0.25) is 5.02 Å². The third kappa shape index (κ3) is 2.78. The zero-order valence-electron chi connectivity index (χ0n) is 11.5. The van der Waals surface area contributed by atoms with Crippen molar-refractivity contribution in [2.24, 2.45) is 0 Å². The largest absolute Gasteiger partial charge is 0.485 e. The first-order valence-electron chi connectivity index (χ1n) is 6.63. The van der Waals surface area contributed by atoms with Gasteiger partial charge in [-0.2, -0.15) is 0 Å². The third-order valence-corrected chi connectivity index (χ3v) is 3.62. The highest BCUT2D eigenvalue weighted by molar-refractivity contribution is 6.30. The predicted molar refractivity (Wildman–Crippen MR) is 84.3 cm³/mol. The lowest BCUT2D eigenvalue weighted by Gasteiger charge is -2.08. The number of aryl methyl sites for hydroxylation is 1. The van der Waals surface area contributed by atoms with Gasteiger partial charge in [0.25, 0.3) is 0 Å². The Labute approximate surface area is 127 Å². The van der Waals surface area contributed by atoms with E-state index in [1.165, 1.54) is 0 Å². The number of rotatable bonds is 4. The lowest BCUT2D eigenvalue weighted by molar-refractivity contribution is 0.0923. The van der Waals surface area contributed by atoms with E-state index in [-0.39, 0.29) is 12.4 Å². The normalized spacial score (nSPS) is 10.8. The molecule has 0 aliphatic rings. The number of carbonyl (C=O) groups excluding carboxylic acids is 1. The minimum absolute atomic E-state index is 0.00429. The number of hydrogen-bond donors (Lipinski definition) is 1. The molecule has 2 aromatic carbocycles. The standard InChI is InChI=1S/C17H14ClNO2/c1-11-8-12(18)6-7-17(11)21-10-16(20)14-9-19-15-5-3-2-4-13(14)15/h2-9,19H,10H2,1H3. The van der Waals surface area contributed by atoms with Crippen LogP contribution < -0.4 is 4.74 Å². The predicted octanol–water partition coefficient (Wildman–Crippen LogP) is 4.39. The molecule has 0 amide bonds. The lowest BCUT2D eigenvalue weighted by Crippen LogP contribution is -2.11. The van der Waals surface area contributed by atoms with Crippen molar-refractivity contribution in [2.45, 2.75) is 6.92 Å². The topological polar surface area (TPSA) is 42.1 Å². The van der Waals surface area contributed by atoms with Crippen molar-refractivity contribution in [1.29, 1.82) is 0 Å². The Bertz CT molecular complexity index is 807. The number of aromatic nitrogens is 1. The second-order valence-corrected chi connectivity index (χ2v) is 5.31. The van der Waals surface area contributed by atoms with Crippen molar-refractivity contribution in [1.82, 2.24) is 4.98 Å². The number of benzene rings is 2. The fourth-order valence-electron chi connectivity index (χ4n) is 2.30. The highest BCUT2D eigenvalue weighted by Crippen LogP contribution is 2.23. The van der Waals surface area contributed by atoms with Gasteiger partial charge in [0.1, 0.15) is 5.75 Å². The van der Waals surface area contributed by atoms with Gasteiger partial charge < -0.3 is 9.72 Å². The summed E-state index contributed by atoms with van der Waals surface area (Å²) in [6.45, 7) is 1.90. The highest BCUT2D eigenvalue weighted by atomic mass is 35.5. The molecule has 0 unspecified atom stereocenters. The van der Waals surface area contributed by atoms with Crippen molar-refractivity contribution in [3.8, 4) is 5.75 Å². The van der Waals surface area contributed by atoms with Crippen molar-refractivity contribution in [2.75, 3.05) is 6.61 Å². The third-order valence-electron chi connectivity index (χ3n) is 3.39. The first-order valence-corrected chi connectivity index (χ1v) is 7.01. The SMILES string of the molecule is Cc1cc(Cl)ccc1OCC(=O)c1c[nH]c2ccccc12. The maximum atomic E-state index is 12.3. The van der Waals surface area contributed by atoms with E-state index in [4.69, 9.17) is 16.3 Å². The van der Waals surface area contributed by atoms with Crippen LogP contribution in [-0.2, 0) is 0 Å². The van der Waals surface area contributed by atoms with Crippen LogP contribution in [0.15, 0.2) is 48.7 Å². The molecule has 3 rings (SSSR count). The van der Waals surface area contributed by atoms with Gasteiger partial charge in [-0.1, -0.05) is 29.8 Å². The Balaban J connectivity index is 1.77. The number of ether oxygens (including phenoxy) is 1. The summed E-state index contributed by atoms with van der Waals surface area (Å²) in [7, 11) is 0. The van der Waals surface area contributed by atoms with Crippen LogP contribution in [0.25, 0.3) is 10.9 Å². The van der Waals surface area contributed by atoms with Gasteiger partial charge >= 0.3 is 0 Å². The molecule has 0 spiro atoms. The number of H-pyrrole nitrogens is 1. The van der Waals surface area contributed by atoms with Crippen molar-refractivity contribution in [3.05, 3.63) is 64.8 Å². The molecule has 3 aromatic rings. The van der Waals surface area contributed by atoms with Crippen molar-refractivity contribution < 1.29 is 9.53 Å². The first-order chi connectivity index (χ1) is 10.1. The van der Waals surface area contributed by atoms with Crippen molar-refractivity contribution in [3.63, 3.8) is 0 Å². The molecular weight excluding hydrogens is 286 g/mol. The second-order valence-electron chi connectivity index (χ2n) is 4.87. The summed E-state index contributed by atoms with van der Waals surface area (Å²) in [5.41, 5.74) is 2.51. The number of carbonyl (C=O) groups is 1. The highest BCUT2D eigenvalue weighted by Gasteiger charge is 2.13. The van der Waals surface area contributed by atoms with Gasteiger partial charge in [0.15, 0.2) is 6.61 Å². The minimum Gasteiger partial charge on any atom is -0.485 e. The second kappa shape index (κ2) is 5.62. The molecule has 0 saturated carbocycles. The number of ketones is 1. The van der Waals surface area contributed by atoms with E-state index in [1.807, 2.05) is 37.3 Å². The summed E-state index contributed by atoms with van der Waals surface area (Å²) in [5.74, 6) is 0.620. The molecule has 0 fully saturated rings. The summed E-state index contributed by atoms with van der Waals surface area (Å²) in [5, 5.41) is 1.57. The Morgan fingerprint density at radius 3 is 2.86 bits per heavy atom. The molecular formula is C17H14ClNO2. The number of halogens is 1. The van der Waals surface area contributed by atoms with Gasteiger partial charge in [-0.25, -0.2) is 0 Å². The molecule has 1 aromatic heterocycles. The number of Topliss-reactive ketones (excluding diaryl/α,β-unsaturated/α-hetero) is 1. The number of fused-ring (bicyclic) bond motifs is 1. The zero-order chi connectivity index (χ0) is 14.8. The quantitative estimate of drug-likeness (QED) is 0.726. The molecule has 1 N–H and O–H groups in total. The summed E-state index contributed by atoms with van der Waals surface area (Å²) in [6, 6.07) is 13.0. The van der Waals surface area contributed by atoms with E-state index in [1.54, 1.807) is 18.3 Å². The fourth-order valence-corrected chi connectivity index (χ4v) is 2.52. The van der Waals surface area contributed by atoms with Crippen LogP contribution in [0.3, 0.4) is 0 Å². The molecule has 1 heterocycles. The Kier molecular flexibility index (Phi) is 3.67. The van der Waals surface area contributed by atoms with E-state index in [2.05, 4.69) is 4.98 Å². The number of nitrogens with one attached hydrogen (secondary N) is 1. The van der Waals surface area contributed by atoms with Gasteiger partial charge in [-0.15, -0.1) is 0 Å². The molecule has 0 radical (unpaired) electrons. The number of aromatic amines is 1. The average molecular weight is 300 g/mol. The molecule has 0 aliphatic carbocycles. The van der Waals surface area contributed by atoms with Gasteiger partial charge in [-0.05, 0) is 36.8 Å². The van der Waals surface area contributed by atoms with Crippen LogP contribution in [0.1, 0.15) is 15.9 Å². The molecule has 106 valence electrons. The van der Waals surface area contributed by atoms with Gasteiger partial charge in [0, 0.05) is 27.7 Å². The monoisotopic (exact) mass is 299 g/mol. The Morgan fingerprint density at radius 2 is 2.05 bits per heavy atom. The molecule has 0 atom stereocenters. The van der Waals surface area contributed by atoms with Gasteiger partial charge in [-0.3, -0.25) is 4.79 Å². The number of hydrogen-bond acceptors (Lipinski definition) is 2. The van der Waals surface area contributed by atoms with Crippen LogP contribution in [0.4, 0.5) is 0 Å². The van der Waals surface area contributed by atoms with E-state index >= 15 is 0 Å². The summed E-state index contributed by atoms with van der Waals surface area (Å²) in [4.78, 5) is 15.4. The van der Waals surface area contributed by atoms with Gasteiger partial charge in [0.05, 0.1) is 0 Å². The maximum absolute atomic E-state index is 12.3. The average Bonchev–Trinajstić information content (AvgIpc) is 2.90. The number of para-hydroxylation sites is 1. The van der Waals surface area contributed by atoms with E-state index in [9.17, 15) is 4.79 Å². The smallest absolute Gasteiger partial charge is 0.202 e. The zero-order valence-corrected chi connectivity index (χ0v) is 12.3. The Morgan fingerprint density at radius 1 is 1.24 bits per heavy atom. The van der Waals surface area contributed by atoms with E-state index in [0.717, 1.165) is 16.5 Å². The lowest BCUT2D eigenvalue weighted by atomic mass is 10.1. The van der Waals surface area contributed by atoms with Crippen LogP contribution in [0.5, 0.6) is 5.75 Å². The summed E-state index contributed by atoms with van der Waals surface area (Å²) >= 11 is 5.90. The summed E-state index contributed by atoms with van der Waals surface area (Å²) < 4.78 is 5.60. The van der Waals surface area contributed by atoms with E-state index in [0.29, 0.717) is 16.3 Å². The molecule has 3 nitrogen and oxygen atoms in total. The summed E-state index contributed by atoms with van der Waals surface area (Å²) in [6.07, 6.45) is 1.73. The maximum Gasteiger partial charge on any atom is 0.202 e. The molecule has 0 bridgehead atoms. The van der Waals surface area contributed by atoms with Crippen LogP contribution in [0, 0.1) is 6.92 Å². The molecule has 0 aliphatic heterocycles. The van der Waals surface area contributed by atoms with Gasteiger partial charge in [0.2, 0.25) is 5.78 Å². The van der Waals surface area contributed by atoms with E-state index < -0.39 is 0 Å².